The molecule has 0 bridgehead atoms. The number of hydrogen-bond donors (Lipinski definition) is 1. The van der Waals surface area contributed by atoms with E-state index >= 15 is 0 Å². The van der Waals surface area contributed by atoms with Gasteiger partial charge in [-0.05, 0) is 36.6 Å². The highest BCUT2D eigenvalue weighted by atomic mass is 16.3. The minimum absolute atomic E-state index is 0.0366. The summed E-state index contributed by atoms with van der Waals surface area (Å²) in [4.78, 5) is 6.68. The second-order valence-electron chi connectivity index (χ2n) is 4.62. The fraction of sp³-hybridized carbons (Fsp3) is 0.357. The van der Waals surface area contributed by atoms with Gasteiger partial charge in [0.25, 0.3) is 0 Å². The molecule has 0 atom stereocenters. The van der Waals surface area contributed by atoms with Crippen LogP contribution in [0.1, 0.15) is 24.2 Å². The summed E-state index contributed by atoms with van der Waals surface area (Å²) in [6, 6.07) is 8.34. The van der Waals surface area contributed by atoms with Gasteiger partial charge in [-0.2, -0.15) is 0 Å². The van der Waals surface area contributed by atoms with Crippen LogP contribution in [0.5, 0.6) is 0 Å². The molecule has 0 radical (unpaired) electrons. The zero-order valence-electron chi connectivity index (χ0n) is 10.1. The number of hydrogen-bond acceptors (Lipinski definition) is 4. The highest BCUT2D eigenvalue weighted by Crippen LogP contribution is 2.32. The van der Waals surface area contributed by atoms with Crippen LogP contribution in [0.15, 0.2) is 41.1 Å². The molecule has 0 aromatic carbocycles. The molecule has 94 valence electrons. The molecule has 2 heterocycles. The molecule has 0 amide bonds. The summed E-state index contributed by atoms with van der Waals surface area (Å²) in [6.07, 6.45) is 5.85. The molecular formula is C14H16N2O2. The van der Waals surface area contributed by atoms with Crippen molar-refractivity contribution < 1.29 is 9.52 Å². The second-order valence-corrected chi connectivity index (χ2v) is 4.62. The van der Waals surface area contributed by atoms with Crippen molar-refractivity contribution in [1.82, 2.24) is 4.98 Å². The molecule has 4 heteroatoms. The molecular weight excluding hydrogens is 228 g/mol. The summed E-state index contributed by atoms with van der Waals surface area (Å²) in [5.74, 6) is 1.90. The smallest absolute Gasteiger partial charge is 0.129 e. The molecule has 3 rings (SSSR count). The van der Waals surface area contributed by atoms with Crippen molar-refractivity contribution in [2.45, 2.75) is 32.0 Å². The Morgan fingerprint density at radius 3 is 2.78 bits per heavy atom. The maximum atomic E-state index is 9.03. The van der Waals surface area contributed by atoms with Crippen LogP contribution in [-0.4, -0.2) is 16.1 Å². The largest absolute Gasteiger partial charge is 0.467 e. The number of furan rings is 1. The van der Waals surface area contributed by atoms with Crippen LogP contribution in [0.3, 0.4) is 0 Å². The molecule has 0 saturated heterocycles. The first-order valence-electron chi connectivity index (χ1n) is 6.21. The monoisotopic (exact) mass is 244 g/mol. The number of nitrogens with zero attached hydrogens (tertiary/aromatic N) is 2. The first-order valence-corrected chi connectivity index (χ1v) is 6.21. The van der Waals surface area contributed by atoms with Crippen LogP contribution in [0, 0.1) is 0 Å². The van der Waals surface area contributed by atoms with E-state index < -0.39 is 0 Å². The minimum Gasteiger partial charge on any atom is -0.467 e. The van der Waals surface area contributed by atoms with E-state index in [0.29, 0.717) is 6.04 Å². The maximum Gasteiger partial charge on any atom is 0.129 e. The van der Waals surface area contributed by atoms with E-state index in [1.54, 1.807) is 12.5 Å². The lowest BCUT2D eigenvalue weighted by atomic mass is 10.3. The van der Waals surface area contributed by atoms with Gasteiger partial charge in [0, 0.05) is 12.2 Å². The average molecular weight is 244 g/mol. The molecule has 2 aromatic heterocycles. The van der Waals surface area contributed by atoms with Crippen molar-refractivity contribution in [3.8, 4) is 0 Å². The normalized spacial score (nSPS) is 14.7. The molecule has 1 N–H and O–H groups in total. The summed E-state index contributed by atoms with van der Waals surface area (Å²) in [6.45, 7) is 0.790. The van der Waals surface area contributed by atoms with E-state index in [1.807, 2.05) is 24.3 Å². The molecule has 0 unspecified atom stereocenters. The Hall–Kier alpha value is -1.81. The Kier molecular flexibility index (Phi) is 3.02. The zero-order chi connectivity index (χ0) is 12.4. The van der Waals surface area contributed by atoms with Crippen molar-refractivity contribution in [3.63, 3.8) is 0 Å². The third-order valence-corrected chi connectivity index (χ3v) is 3.18. The third kappa shape index (κ3) is 2.38. The van der Waals surface area contributed by atoms with Crippen LogP contribution in [0.4, 0.5) is 5.82 Å². The van der Waals surface area contributed by atoms with E-state index in [9.17, 15) is 0 Å². The van der Waals surface area contributed by atoms with Gasteiger partial charge in [-0.15, -0.1) is 0 Å². The summed E-state index contributed by atoms with van der Waals surface area (Å²) in [5, 5.41) is 9.03. The Bertz CT molecular complexity index is 489. The van der Waals surface area contributed by atoms with Gasteiger partial charge in [0.15, 0.2) is 0 Å². The quantitative estimate of drug-likeness (QED) is 0.877. The van der Waals surface area contributed by atoms with E-state index in [2.05, 4.69) is 9.88 Å². The molecule has 1 aliphatic carbocycles. The highest BCUT2D eigenvalue weighted by molar-refractivity contribution is 5.42. The fourth-order valence-corrected chi connectivity index (χ4v) is 2.03. The predicted molar refractivity (Wildman–Crippen MR) is 68.1 cm³/mol. The van der Waals surface area contributed by atoms with Gasteiger partial charge >= 0.3 is 0 Å². The Morgan fingerprint density at radius 2 is 2.22 bits per heavy atom. The van der Waals surface area contributed by atoms with Gasteiger partial charge in [0.05, 0.1) is 19.4 Å². The van der Waals surface area contributed by atoms with Crippen LogP contribution in [0.2, 0.25) is 0 Å². The van der Waals surface area contributed by atoms with Crippen molar-refractivity contribution in [3.05, 3.63) is 48.0 Å². The van der Waals surface area contributed by atoms with Gasteiger partial charge in [-0.3, -0.25) is 0 Å². The van der Waals surface area contributed by atoms with E-state index in [-0.39, 0.29) is 6.61 Å². The molecule has 0 spiro atoms. The lowest BCUT2D eigenvalue weighted by Crippen LogP contribution is -2.25. The molecule has 4 nitrogen and oxygen atoms in total. The lowest BCUT2D eigenvalue weighted by Gasteiger charge is -2.22. The number of aliphatic hydroxyl groups is 1. The van der Waals surface area contributed by atoms with Gasteiger partial charge in [0.2, 0.25) is 0 Å². The molecule has 2 aromatic rings. The number of rotatable bonds is 5. The molecule has 1 fully saturated rings. The summed E-state index contributed by atoms with van der Waals surface area (Å²) in [7, 11) is 0. The number of aliphatic hydroxyl groups excluding tert-OH is 1. The van der Waals surface area contributed by atoms with Crippen molar-refractivity contribution in [1.29, 1.82) is 0 Å². The van der Waals surface area contributed by atoms with Gasteiger partial charge in [0.1, 0.15) is 11.6 Å². The standard InChI is InChI=1S/C14H16N2O2/c17-10-11-3-6-14(15-8-11)16(12-4-5-12)9-13-2-1-7-18-13/h1-3,6-8,12,17H,4-5,9-10H2. The fourth-order valence-electron chi connectivity index (χ4n) is 2.03. The van der Waals surface area contributed by atoms with Gasteiger partial charge in [-0.25, -0.2) is 4.98 Å². The summed E-state index contributed by atoms with van der Waals surface area (Å²) in [5.41, 5.74) is 0.840. The van der Waals surface area contributed by atoms with Crippen LogP contribution in [-0.2, 0) is 13.2 Å². The minimum atomic E-state index is 0.0366. The van der Waals surface area contributed by atoms with Crippen LogP contribution >= 0.6 is 0 Å². The second kappa shape index (κ2) is 4.82. The number of aromatic nitrogens is 1. The van der Waals surface area contributed by atoms with Crippen LogP contribution in [0.25, 0.3) is 0 Å². The van der Waals surface area contributed by atoms with Crippen LogP contribution < -0.4 is 4.90 Å². The van der Waals surface area contributed by atoms with E-state index in [4.69, 9.17) is 9.52 Å². The Labute approximate surface area is 106 Å². The summed E-state index contributed by atoms with van der Waals surface area (Å²) < 4.78 is 5.40. The van der Waals surface area contributed by atoms with Crippen molar-refractivity contribution in [2.24, 2.45) is 0 Å². The lowest BCUT2D eigenvalue weighted by molar-refractivity contribution is 0.281. The average Bonchev–Trinajstić information content (AvgIpc) is 3.13. The molecule has 1 aliphatic rings. The molecule has 0 aliphatic heterocycles. The highest BCUT2D eigenvalue weighted by Gasteiger charge is 2.30. The molecule has 1 saturated carbocycles. The number of anilines is 1. The predicted octanol–water partition coefficient (Wildman–Crippen LogP) is 2.34. The summed E-state index contributed by atoms with van der Waals surface area (Å²) >= 11 is 0. The number of pyridine rings is 1. The topological polar surface area (TPSA) is 49.5 Å². The SMILES string of the molecule is OCc1ccc(N(Cc2ccco2)C2CC2)nc1. The van der Waals surface area contributed by atoms with Crippen molar-refractivity contribution >= 4 is 5.82 Å². The van der Waals surface area contributed by atoms with E-state index in [1.165, 1.54) is 12.8 Å². The zero-order valence-corrected chi connectivity index (χ0v) is 10.1. The Balaban J connectivity index is 1.80. The first kappa shape index (κ1) is 11.3. The van der Waals surface area contributed by atoms with E-state index in [0.717, 1.165) is 23.7 Å². The maximum absolute atomic E-state index is 9.03. The third-order valence-electron chi connectivity index (χ3n) is 3.18. The first-order chi connectivity index (χ1) is 8.86. The van der Waals surface area contributed by atoms with Gasteiger partial charge < -0.3 is 14.4 Å². The molecule has 18 heavy (non-hydrogen) atoms. The van der Waals surface area contributed by atoms with Crippen molar-refractivity contribution in [2.75, 3.05) is 4.90 Å². The van der Waals surface area contributed by atoms with Gasteiger partial charge in [-0.1, -0.05) is 6.07 Å². The Morgan fingerprint density at radius 1 is 1.33 bits per heavy atom.